The minimum absolute atomic E-state index is 0.109. The number of amides is 1. The predicted octanol–water partition coefficient (Wildman–Crippen LogP) is 3.96. The third kappa shape index (κ3) is 4.99. The number of carbonyl (C=O) groups is 1. The van der Waals surface area contributed by atoms with Gasteiger partial charge >= 0.3 is 0 Å². The third-order valence-corrected chi connectivity index (χ3v) is 7.23. The summed E-state index contributed by atoms with van der Waals surface area (Å²) in [6.07, 6.45) is 0.692. The Balaban J connectivity index is 1.39. The Labute approximate surface area is 198 Å². The smallest absolute Gasteiger partial charge is 0.264 e. The van der Waals surface area contributed by atoms with Crippen molar-refractivity contribution in [1.82, 2.24) is 5.32 Å². The highest BCUT2D eigenvalue weighted by Crippen LogP contribution is 2.32. The molecule has 1 aliphatic rings. The largest absolute Gasteiger partial charge is 0.494 e. The van der Waals surface area contributed by atoms with Gasteiger partial charge in [0.1, 0.15) is 5.75 Å². The molecule has 2 N–H and O–H groups in total. The van der Waals surface area contributed by atoms with E-state index in [1.165, 1.54) is 16.4 Å². The molecule has 9 heteroatoms. The second kappa shape index (κ2) is 9.60. The van der Waals surface area contributed by atoms with Crippen molar-refractivity contribution in [2.45, 2.75) is 18.2 Å². The number of hydrogen-bond donors (Lipinski definition) is 2. The zero-order valence-electron chi connectivity index (χ0n) is 17.9. The molecule has 3 aromatic carbocycles. The number of anilines is 2. The van der Waals surface area contributed by atoms with Crippen molar-refractivity contribution in [2.24, 2.45) is 0 Å². The fraction of sp³-hybridized carbons (Fsp3) is 0.167. The Hall–Kier alpha value is -3.43. The number of para-hydroxylation sites is 1. The van der Waals surface area contributed by atoms with Gasteiger partial charge in [-0.3, -0.25) is 14.4 Å². The number of benzene rings is 3. The van der Waals surface area contributed by atoms with Gasteiger partial charge in [-0.1, -0.05) is 18.2 Å². The van der Waals surface area contributed by atoms with Crippen molar-refractivity contribution in [3.05, 3.63) is 83.9 Å². The highest BCUT2D eigenvalue weighted by molar-refractivity contribution is 7.92. The molecule has 0 saturated carbocycles. The van der Waals surface area contributed by atoms with Crippen LogP contribution in [0.4, 0.5) is 11.4 Å². The standard InChI is InChI=1S/C24H23N3O4S2/c1-2-31-20-11-7-18(8-12-20)23(28)26-24(32)25-19-9-13-21(14-10-19)33(29,30)27-16-15-17-5-3-4-6-22(17)27/h3-14H,2,15-16H2,1H3,(H2,25,26,28,32). The van der Waals surface area contributed by atoms with Gasteiger partial charge in [0, 0.05) is 17.8 Å². The number of nitrogens with zero attached hydrogens (tertiary/aromatic N) is 1. The van der Waals surface area contributed by atoms with Crippen LogP contribution in [0, 0.1) is 0 Å². The molecule has 1 aliphatic heterocycles. The van der Waals surface area contributed by atoms with Crippen LogP contribution < -0.4 is 19.7 Å². The molecule has 170 valence electrons. The van der Waals surface area contributed by atoms with Crippen LogP contribution in [-0.2, 0) is 16.4 Å². The molecular weight excluding hydrogens is 458 g/mol. The van der Waals surface area contributed by atoms with Gasteiger partial charge in [-0.05, 0) is 85.7 Å². The third-order valence-electron chi connectivity index (χ3n) is 5.20. The Bertz CT molecular complexity index is 1270. The molecule has 0 radical (unpaired) electrons. The molecule has 0 fully saturated rings. The topological polar surface area (TPSA) is 87.7 Å². The molecule has 0 bridgehead atoms. The fourth-order valence-corrected chi connectivity index (χ4v) is 5.32. The molecule has 3 aromatic rings. The first-order valence-corrected chi connectivity index (χ1v) is 12.3. The average Bonchev–Trinajstić information content (AvgIpc) is 3.25. The molecule has 0 saturated heterocycles. The van der Waals surface area contributed by atoms with Gasteiger partial charge in [-0.25, -0.2) is 8.42 Å². The van der Waals surface area contributed by atoms with Crippen LogP contribution in [0.5, 0.6) is 5.75 Å². The summed E-state index contributed by atoms with van der Waals surface area (Å²) >= 11 is 5.22. The normalized spacial score (nSPS) is 12.7. The highest BCUT2D eigenvalue weighted by atomic mass is 32.2. The Kier molecular flexibility index (Phi) is 6.62. The summed E-state index contributed by atoms with van der Waals surface area (Å²) in [5, 5.41) is 5.62. The monoisotopic (exact) mass is 481 g/mol. The molecule has 4 rings (SSSR count). The maximum Gasteiger partial charge on any atom is 0.264 e. The zero-order chi connectivity index (χ0) is 23.4. The van der Waals surface area contributed by atoms with Gasteiger partial charge in [0.2, 0.25) is 0 Å². The summed E-state index contributed by atoms with van der Waals surface area (Å²) in [7, 11) is -3.67. The zero-order valence-corrected chi connectivity index (χ0v) is 19.6. The SMILES string of the molecule is CCOc1ccc(C(=O)NC(=S)Nc2ccc(S(=O)(=O)N3CCc4ccccc43)cc2)cc1. The number of sulfonamides is 1. The maximum absolute atomic E-state index is 13.1. The molecule has 0 unspecified atom stereocenters. The molecule has 1 heterocycles. The van der Waals surface area contributed by atoms with Crippen LogP contribution >= 0.6 is 12.2 Å². The first-order chi connectivity index (χ1) is 15.9. The maximum atomic E-state index is 13.1. The first kappa shape index (κ1) is 22.8. The van der Waals surface area contributed by atoms with Gasteiger partial charge in [0.05, 0.1) is 17.2 Å². The Morgan fingerprint density at radius 2 is 1.73 bits per heavy atom. The molecule has 1 amide bonds. The number of hydrogen-bond acceptors (Lipinski definition) is 5. The summed E-state index contributed by atoms with van der Waals surface area (Å²) < 4.78 is 33.0. The molecule has 0 atom stereocenters. The highest BCUT2D eigenvalue weighted by Gasteiger charge is 2.30. The van der Waals surface area contributed by atoms with Crippen molar-refractivity contribution in [3.63, 3.8) is 0 Å². The molecular formula is C24H23N3O4S2. The summed E-state index contributed by atoms with van der Waals surface area (Å²) in [5.74, 6) is 0.324. The molecule has 0 aromatic heterocycles. The van der Waals surface area contributed by atoms with Crippen LogP contribution in [0.2, 0.25) is 0 Å². The Morgan fingerprint density at radius 3 is 2.42 bits per heavy atom. The minimum Gasteiger partial charge on any atom is -0.494 e. The van der Waals surface area contributed by atoms with Crippen molar-refractivity contribution in [3.8, 4) is 5.75 Å². The lowest BCUT2D eigenvalue weighted by Crippen LogP contribution is -2.34. The van der Waals surface area contributed by atoms with Gasteiger partial charge in [-0.2, -0.15) is 0 Å². The van der Waals surface area contributed by atoms with Crippen LogP contribution in [0.1, 0.15) is 22.8 Å². The molecule has 33 heavy (non-hydrogen) atoms. The average molecular weight is 482 g/mol. The fourth-order valence-electron chi connectivity index (χ4n) is 3.60. The van der Waals surface area contributed by atoms with Gasteiger partial charge < -0.3 is 10.1 Å². The van der Waals surface area contributed by atoms with E-state index < -0.39 is 10.0 Å². The second-order valence-corrected chi connectivity index (χ2v) is 9.62. The summed E-state index contributed by atoms with van der Waals surface area (Å²) in [5.41, 5.74) is 2.74. The number of ether oxygens (including phenoxy) is 1. The number of rotatable bonds is 6. The van der Waals surface area contributed by atoms with E-state index in [4.69, 9.17) is 17.0 Å². The Morgan fingerprint density at radius 1 is 1.03 bits per heavy atom. The van der Waals surface area contributed by atoms with Crippen molar-refractivity contribution >= 4 is 44.6 Å². The lowest BCUT2D eigenvalue weighted by atomic mass is 10.2. The number of fused-ring (bicyclic) bond motifs is 1. The first-order valence-electron chi connectivity index (χ1n) is 10.4. The van der Waals surface area contributed by atoms with Crippen LogP contribution in [0.15, 0.2) is 77.7 Å². The van der Waals surface area contributed by atoms with Crippen LogP contribution in [0.25, 0.3) is 0 Å². The van der Waals surface area contributed by atoms with E-state index in [1.807, 2.05) is 31.2 Å². The number of thiocarbonyl (C=S) groups is 1. The van der Waals surface area contributed by atoms with Crippen molar-refractivity contribution in [1.29, 1.82) is 0 Å². The lowest BCUT2D eigenvalue weighted by Gasteiger charge is -2.19. The van der Waals surface area contributed by atoms with Crippen molar-refractivity contribution in [2.75, 3.05) is 22.8 Å². The van der Waals surface area contributed by atoms with Crippen LogP contribution in [-0.4, -0.2) is 32.6 Å². The van der Waals surface area contributed by atoms with E-state index in [-0.39, 0.29) is 15.9 Å². The van der Waals surface area contributed by atoms with Gasteiger partial charge in [0.15, 0.2) is 5.11 Å². The number of nitrogens with one attached hydrogen (secondary N) is 2. The van der Waals surface area contributed by atoms with Gasteiger partial charge in [0.25, 0.3) is 15.9 Å². The van der Waals surface area contributed by atoms with Gasteiger partial charge in [-0.15, -0.1) is 0 Å². The van der Waals surface area contributed by atoms with E-state index in [2.05, 4.69) is 10.6 Å². The van der Waals surface area contributed by atoms with E-state index in [0.29, 0.717) is 36.6 Å². The minimum atomic E-state index is -3.67. The summed E-state index contributed by atoms with van der Waals surface area (Å²) in [6.45, 7) is 2.85. The van der Waals surface area contributed by atoms with E-state index in [1.54, 1.807) is 36.4 Å². The molecule has 7 nitrogen and oxygen atoms in total. The molecule has 0 spiro atoms. The quantitative estimate of drug-likeness (QED) is 0.518. The van der Waals surface area contributed by atoms with Crippen LogP contribution in [0.3, 0.4) is 0 Å². The number of carbonyl (C=O) groups excluding carboxylic acids is 1. The summed E-state index contributed by atoms with van der Waals surface area (Å²) in [6, 6.07) is 20.5. The predicted molar refractivity (Wildman–Crippen MR) is 132 cm³/mol. The van der Waals surface area contributed by atoms with E-state index >= 15 is 0 Å². The van der Waals surface area contributed by atoms with E-state index in [0.717, 1.165) is 11.3 Å². The van der Waals surface area contributed by atoms with Crippen molar-refractivity contribution < 1.29 is 17.9 Å². The lowest BCUT2D eigenvalue weighted by molar-refractivity contribution is 0.0977. The summed E-state index contributed by atoms with van der Waals surface area (Å²) in [4.78, 5) is 12.6. The second-order valence-electron chi connectivity index (χ2n) is 7.35. The van der Waals surface area contributed by atoms with E-state index in [9.17, 15) is 13.2 Å². The molecule has 0 aliphatic carbocycles.